The summed E-state index contributed by atoms with van der Waals surface area (Å²) in [5.74, 6) is -0.0404. The molecule has 2 N–H and O–H groups in total. The van der Waals surface area contributed by atoms with E-state index in [1.807, 2.05) is 30.5 Å². The van der Waals surface area contributed by atoms with Gasteiger partial charge in [-0.05, 0) is 73.8 Å². The molecule has 0 bridgehead atoms. The van der Waals surface area contributed by atoms with Gasteiger partial charge in [-0.2, -0.15) is 0 Å². The van der Waals surface area contributed by atoms with Gasteiger partial charge in [0.1, 0.15) is 0 Å². The van der Waals surface area contributed by atoms with E-state index in [4.69, 9.17) is 0 Å². The lowest BCUT2D eigenvalue weighted by Gasteiger charge is -2.29. The Morgan fingerprint density at radius 3 is 2.64 bits per heavy atom. The zero-order valence-electron chi connectivity index (χ0n) is 16.9. The van der Waals surface area contributed by atoms with Gasteiger partial charge in [-0.1, -0.05) is 42.3 Å². The van der Waals surface area contributed by atoms with Crippen LogP contribution < -0.4 is 10.0 Å². The quantitative estimate of drug-likeness (QED) is 0.639. The van der Waals surface area contributed by atoms with Crippen molar-refractivity contribution in [2.75, 3.05) is 30.6 Å². The molecule has 0 saturated carbocycles. The summed E-state index contributed by atoms with van der Waals surface area (Å²) in [6.07, 6.45) is 7.63. The molecule has 1 amide bonds. The number of benzene rings is 2. The number of amides is 1. The second kappa shape index (κ2) is 9.80. The van der Waals surface area contributed by atoms with Gasteiger partial charge in [0.15, 0.2) is 0 Å². The molecule has 0 aromatic heterocycles. The van der Waals surface area contributed by atoms with Gasteiger partial charge < -0.3 is 10.0 Å². The number of likely N-dealkylation sites (tertiary alicyclic amines) is 1. The van der Waals surface area contributed by atoms with Gasteiger partial charge in [0.25, 0.3) is 5.91 Å². The van der Waals surface area contributed by atoms with Gasteiger partial charge in [-0.25, -0.2) is 0 Å². The number of aryl methyl sites for hydroxylation is 2. The summed E-state index contributed by atoms with van der Waals surface area (Å²) < 4.78 is 3.26. The van der Waals surface area contributed by atoms with Crippen LogP contribution in [0.25, 0.3) is 6.08 Å². The summed E-state index contributed by atoms with van der Waals surface area (Å²) in [6, 6.07) is 12.1. The lowest BCUT2D eigenvalue weighted by Crippen LogP contribution is -2.36. The maximum absolute atomic E-state index is 12.6. The van der Waals surface area contributed by atoms with E-state index in [1.165, 1.54) is 30.6 Å². The van der Waals surface area contributed by atoms with Crippen LogP contribution in [0.15, 0.2) is 42.5 Å². The molecule has 0 spiro atoms. The molecule has 148 valence electrons. The molecule has 0 atom stereocenters. The van der Waals surface area contributed by atoms with Crippen molar-refractivity contribution in [3.8, 4) is 0 Å². The lowest BCUT2D eigenvalue weighted by atomic mass is 10.0. The second-order valence-corrected chi connectivity index (χ2v) is 7.88. The Morgan fingerprint density at radius 2 is 1.96 bits per heavy atom. The molecule has 2 aromatic rings. The third-order valence-electron chi connectivity index (χ3n) is 5.11. The molecule has 1 aliphatic heterocycles. The molecule has 3 rings (SSSR count). The monoisotopic (exact) mass is 395 g/mol. The van der Waals surface area contributed by atoms with Crippen molar-refractivity contribution in [1.82, 2.24) is 10.2 Å². The Hall–Kier alpha value is -2.24. The molecule has 1 aliphatic rings. The Labute approximate surface area is 172 Å². The summed E-state index contributed by atoms with van der Waals surface area (Å²) in [4.78, 5) is 15.0. The first-order valence-corrected chi connectivity index (χ1v) is 11.0. The number of nitrogens with zero attached hydrogens (tertiary/aromatic N) is 1. The minimum absolute atomic E-state index is 0.0404. The molecule has 1 fully saturated rings. The predicted molar refractivity (Wildman–Crippen MR) is 121 cm³/mol. The van der Waals surface area contributed by atoms with E-state index < -0.39 is 0 Å². The first-order valence-electron chi connectivity index (χ1n) is 9.73. The molecular formula is C23H29N3OS. The van der Waals surface area contributed by atoms with Crippen molar-refractivity contribution in [2.45, 2.75) is 26.8 Å². The smallest absolute Gasteiger partial charge is 0.251 e. The molecule has 2 aromatic carbocycles. The Balaban J connectivity index is 1.60. The molecule has 0 aliphatic carbocycles. The average molecular weight is 396 g/mol. The summed E-state index contributed by atoms with van der Waals surface area (Å²) >= 11 is 1.58. The van der Waals surface area contributed by atoms with E-state index >= 15 is 0 Å². The Morgan fingerprint density at radius 1 is 1.14 bits per heavy atom. The highest BCUT2D eigenvalue weighted by Crippen LogP contribution is 2.19. The molecule has 1 heterocycles. The van der Waals surface area contributed by atoms with Crippen LogP contribution in [0, 0.1) is 13.8 Å². The van der Waals surface area contributed by atoms with Crippen LogP contribution in [0.4, 0.5) is 5.69 Å². The average Bonchev–Trinajstić information content (AvgIpc) is 2.65. The van der Waals surface area contributed by atoms with Gasteiger partial charge in [-0.3, -0.25) is 9.69 Å². The number of hydrogen-bond acceptors (Lipinski definition) is 4. The Bertz CT molecular complexity index is 859. The lowest BCUT2D eigenvalue weighted by molar-refractivity contribution is 0.0951. The van der Waals surface area contributed by atoms with Crippen molar-refractivity contribution in [3.05, 3.63) is 70.3 Å². The first-order chi connectivity index (χ1) is 13.6. The van der Waals surface area contributed by atoms with Crippen LogP contribution in [0.3, 0.4) is 0 Å². The largest absolute Gasteiger partial charge is 0.348 e. The number of carbonyl (C=O) groups excluding carboxylic acids is 1. The SMILES string of the molecule is CSNc1ccc(CNC(=O)c2ccc(C)c(/C=C\CN3CCC3)c2)cc1C. The van der Waals surface area contributed by atoms with Crippen LogP contribution >= 0.6 is 11.9 Å². The molecular weight excluding hydrogens is 366 g/mol. The highest BCUT2D eigenvalue weighted by Gasteiger charge is 2.11. The first kappa shape index (κ1) is 20.5. The zero-order chi connectivity index (χ0) is 19.9. The van der Waals surface area contributed by atoms with Gasteiger partial charge in [0.2, 0.25) is 0 Å². The second-order valence-electron chi connectivity index (χ2n) is 7.27. The van der Waals surface area contributed by atoms with Crippen molar-refractivity contribution < 1.29 is 4.79 Å². The van der Waals surface area contributed by atoms with E-state index in [1.54, 1.807) is 11.9 Å². The number of rotatable bonds is 8. The molecule has 1 saturated heterocycles. The molecule has 5 heteroatoms. The van der Waals surface area contributed by atoms with E-state index in [9.17, 15) is 4.79 Å². The standard InChI is InChI=1S/C23H29N3OS/c1-17-7-9-21(15-20(17)6-4-11-26-12-5-13-26)23(27)24-16-19-8-10-22(25-28-3)18(2)14-19/h4,6-10,14-15,25H,5,11-13,16H2,1-3H3,(H,24,27)/b6-4-. The van der Waals surface area contributed by atoms with Gasteiger partial charge in [0.05, 0.1) is 0 Å². The fourth-order valence-electron chi connectivity index (χ4n) is 3.20. The van der Waals surface area contributed by atoms with Crippen LogP contribution in [0.1, 0.15) is 39.0 Å². The topological polar surface area (TPSA) is 44.4 Å². The fraction of sp³-hybridized carbons (Fsp3) is 0.348. The van der Waals surface area contributed by atoms with Crippen LogP contribution in [-0.4, -0.2) is 36.7 Å². The van der Waals surface area contributed by atoms with Crippen LogP contribution in [0.2, 0.25) is 0 Å². The van der Waals surface area contributed by atoms with Gasteiger partial charge >= 0.3 is 0 Å². The van der Waals surface area contributed by atoms with Crippen molar-refractivity contribution >= 4 is 29.6 Å². The zero-order valence-corrected chi connectivity index (χ0v) is 17.7. The van der Waals surface area contributed by atoms with E-state index in [0.29, 0.717) is 12.1 Å². The molecule has 4 nitrogen and oxygen atoms in total. The number of nitrogens with one attached hydrogen (secondary N) is 2. The normalized spacial score (nSPS) is 14.1. The molecule has 28 heavy (non-hydrogen) atoms. The van der Waals surface area contributed by atoms with Gasteiger partial charge in [0, 0.05) is 30.6 Å². The minimum atomic E-state index is -0.0404. The maximum atomic E-state index is 12.6. The Kier molecular flexibility index (Phi) is 7.18. The van der Waals surface area contributed by atoms with Crippen molar-refractivity contribution in [3.63, 3.8) is 0 Å². The van der Waals surface area contributed by atoms with Crippen molar-refractivity contribution in [2.24, 2.45) is 0 Å². The third-order valence-corrected chi connectivity index (χ3v) is 5.53. The number of hydrogen-bond donors (Lipinski definition) is 2. The number of anilines is 1. The minimum Gasteiger partial charge on any atom is -0.348 e. The molecule has 0 unspecified atom stereocenters. The predicted octanol–water partition coefficient (Wildman–Crippen LogP) is 4.64. The number of carbonyl (C=O) groups is 1. The third kappa shape index (κ3) is 5.40. The molecule has 0 radical (unpaired) electrons. The van der Waals surface area contributed by atoms with Crippen LogP contribution in [0.5, 0.6) is 0 Å². The van der Waals surface area contributed by atoms with E-state index in [2.05, 4.69) is 53.1 Å². The van der Waals surface area contributed by atoms with Crippen molar-refractivity contribution in [1.29, 1.82) is 0 Å². The highest BCUT2D eigenvalue weighted by molar-refractivity contribution is 7.99. The summed E-state index contributed by atoms with van der Waals surface area (Å²) in [5.41, 5.74) is 6.37. The maximum Gasteiger partial charge on any atom is 0.251 e. The fourth-order valence-corrected chi connectivity index (χ4v) is 3.65. The summed E-state index contributed by atoms with van der Waals surface area (Å²) in [5, 5.41) is 3.04. The van der Waals surface area contributed by atoms with Crippen LogP contribution in [-0.2, 0) is 6.54 Å². The summed E-state index contributed by atoms with van der Waals surface area (Å²) in [7, 11) is 0. The summed E-state index contributed by atoms with van der Waals surface area (Å²) in [6.45, 7) is 8.05. The van der Waals surface area contributed by atoms with E-state index in [0.717, 1.165) is 23.4 Å². The highest BCUT2D eigenvalue weighted by atomic mass is 32.2. The van der Waals surface area contributed by atoms with E-state index in [-0.39, 0.29) is 5.91 Å². The van der Waals surface area contributed by atoms with Gasteiger partial charge in [-0.15, -0.1) is 0 Å².